The fourth-order valence-corrected chi connectivity index (χ4v) is 6.13. The molecule has 2 aromatic heterocycles. The molecule has 182 valence electrons. The monoisotopic (exact) mass is 506 g/mol. The second kappa shape index (κ2) is 9.05. The number of aromatic nitrogens is 3. The maximum Gasteiger partial charge on any atom is 0.417 e. The van der Waals surface area contributed by atoms with Crippen LogP contribution < -0.4 is 4.90 Å². The van der Waals surface area contributed by atoms with Gasteiger partial charge in [0.1, 0.15) is 11.6 Å². The Hall–Kier alpha value is -1.89. The summed E-state index contributed by atoms with van der Waals surface area (Å²) >= 11 is 6.09. The lowest BCUT2D eigenvalue weighted by Crippen LogP contribution is -2.54. The van der Waals surface area contributed by atoms with Gasteiger partial charge >= 0.3 is 6.18 Å². The SMILES string of the molecule is Cc1nc(S(=O)(=O)N2CCC(N3CCN(c4ncc(C(F)(F)F)cc4Cl)CC3)CC2)cn1C. The molecule has 0 bridgehead atoms. The second-order valence-electron chi connectivity index (χ2n) is 8.42. The predicted molar refractivity (Wildman–Crippen MR) is 118 cm³/mol. The van der Waals surface area contributed by atoms with E-state index in [1.54, 1.807) is 18.5 Å². The first-order chi connectivity index (χ1) is 15.5. The first-order valence-corrected chi connectivity index (χ1v) is 12.5. The first kappa shape index (κ1) is 24.2. The van der Waals surface area contributed by atoms with Crippen LogP contribution in [0.4, 0.5) is 19.0 Å². The van der Waals surface area contributed by atoms with Crippen molar-refractivity contribution in [2.45, 2.75) is 37.0 Å². The molecule has 0 atom stereocenters. The van der Waals surface area contributed by atoms with Gasteiger partial charge < -0.3 is 9.47 Å². The van der Waals surface area contributed by atoms with Crippen LogP contribution >= 0.6 is 11.6 Å². The second-order valence-corrected chi connectivity index (χ2v) is 10.7. The van der Waals surface area contributed by atoms with E-state index in [0.29, 0.717) is 63.8 Å². The molecule has 2 aliphatic heterocycles. The third kappa shape index (κ3) is 4.98. The summed E-state index contributed by atoms with van der Waals surface area (Å²) in [6.07, 6.45) is -0.705. The average molecular weight is 507 g/mol. The van der Waals surface area contributed by atoms with Gasteiger partial charge in [0, 0.05) is 64.8 Å². The van der Waals surface area contributed by atoms with Crippen LogP contribution in [0.3, 0.4) is 0 Å². The molecule has 8 nitrogen and oxygen atoms in total. The van der Waals surface area contributed by atoms with Crippen LogP contribution in [-0.4, -0.2) is 77.5 Å². The molecule has 0 aromatic carbocycles. The maximum absolute atomic E-state index is 12.9. The van der Waals surface area contributed by atoms with Crippen molar-refractivity contribution in [3.63, 3.8) is 0 Å². The van der Waals surface area contributed by atoms with E-state index in [9.17, 15) is 21.6 Å². The highest BCUT2D eigenvalue weighted by molar-refractivity contribution is 7.89. The van der Waals surface area contributed by atoms with Crippen molar-refractivity contribution < 1.29 is 21.6 Å². The molecular formula is C20H26ClF3N6O2S. The number of anilines is 1. The number of piperazine rings is 1. The molecule has 2 aliphatic rings. The molecule has 4 heterocycles. The summed E-state index contributed by atoms with van der Waals surface area (Å²) in [6.45, 7) is 5.20. The zero-order chi connectivity index (χ0) is 24.0. The van der Waals surface area contributed by atoms with Gasteiger partial charge in [0.15, 0.2) is 5.03 Å². The minimum atomic E-state index is -4.48. The smallest absolute Gasteiger partial charge is 0.353 e. The standard InChI is InChI=1S/C20H26ClF3N6O2S/c1-14-26-18(13-27(14)2)33(31,32)30-5-3-16(4-6-30)28-7-9-29(10-8-28)19-17(21)11-15(12-25-19)20(22,23)24/h11-13,16H,3-10H2,1-2H3. The molecular weight excluding hydrogens is 481 g/mol. The van der Waals surface area contributed by atoms with E-state index >= 15 is 0 Å². The van der Waals surface area contributed by atoms with Gasteiger partial charge in [-0.25, -0.2) is 18.4 Å². The molecule has 0 radical (unpaired) electrons. The lowest BCUT2D eigenvalue weighted by atomic mass is 10.0. The van der Waals surface area contributed by atoms with Crippen LogP contribution in [0.5, 0.6) is 0 Å². The first-order valence-electron chi connectivity index (χ1n) is 10.7. The Balaban J connectivity index is 1.33. The molecule has 0 unspecified atom stereocenters. The lowest BCUT2D eigenvalue weighted by Gasteiger charge is -2.42. The summed E-state index contributed by atoms with van der Waals surface area (Å²) in [7, 11) is -1.85. The Labute approximate surface area is 196 Å². The Kier molecular flexibility index (Phi) is 6.64. The molecule has 4 rings (SSSR count). The number of sulfonamides is 1. The van der Waals surface area contributed by atoms with Crippen molar-refractivity contribution in [2.75, 3.05) is 44.2 Å². The topological polar surface area (TPSA) is 74.6 Å². The van der Waals surface area contributed by atoms with E-state index in [-0.39, 0.29) is 16.1 Å². The molecule has 0 saturated carbocycles. The van der Waals surface area contributed by atoms with Gasteiger partial charge in [-0.3, -0.25) is 4.90 Å². The molecule has 2 aromatic rings. The number of nitrogens with zero attached hydrogens (tertiary/aromatic N) is 6. The van der Waals surface area contributed by atoms with E-state index in [4.69, 9.17) is 11.6 Å². The number of piperidine rings is 1. The van der Waals surface area contributed by atoms with Crippen LogP contribution in [0, 0.1) is 6.92 Å². The highest BCUT2D eigenvalue weighted by Crippen LogP contribution is 2.34. The van der Waals surface area contributed by atoms with Crippen molar-refractivity contribution >= 4 is 27.4 Å². The lowest BCUT2D eigenvalue weighted by molar-refractivity contribution is -0.137. The van der Waals surface area contributed by atoms with E-state index < -0.39 is 21.8 Å². The molecule has 0 amide bonds. The van der Waals surface area contributed by atoms with Crippen LogP contribution in [0.25, 0.3) is 0 Å². The number of hydrogen-bond acceptors (Lipinski definition) is 6. The van der Waals surface area contributed by atoms with Crippen LogP contribution in [0.15, 0.2) is 23.5 Å². The number of imidazole rings is 1. The normalized spacial score (nSPS) is 19.9. The van der Waals surface area contributed by atoms with Crippen molar-refractivity contribution in [3.8, 4) is 0 Å². The van der Waals surface area contributed by atoms with Gasteiger partial charge in [-0.15, -0.1) is 0 Å². The predicted octanol–water partition coefficient (Wildman–Crippen LogP) is 2.77. The minimum Gasteiger partial charge on any atom is -0.353 e. The highest BCUT2D eigenvalue weighted by Gasteiger charge is 2.35. The number of halogens is 4. The van der Waals surface area contributed by atoms with Crippen molar-refractivity contribution in [1.82, 2.24) is 23.7 Å². The molecule has 0 N–H and O–H groups in total. The summed E-state index contributed by atoms with van der Waals surface area (Å²) in [5.74, 6) is 1.000. The molecule has 2 saturated heterocycles. The summed E-state index contributed by atoms with van der Waals surface area (Å²) in [5, 5.41) is 0.0667. The van der Waals surface area contributed by atoms with E-state index in [2.05, 4.69) is 14.9 Å². The quantitative estimate of drug-likeness (QED) is 0.635. The van der Waals surface area contributed by atoms with Gasteiger partial charge in [-0.1, -0.05) is 11.6 Å². The number of aryl methyl sites for hydroxylation is 2. The van der Waals surface area contributed by atoms with Gasteiger partial charge in [-0.05, 0) is 25.8 Å². The average Bonchev–Trinajstić information content (AvgIpc) is 3.12. The van der Waals surface area contributed by atoms with Crippen molar-refractivity contribution in [3.05, 3.63) is 34.9 Å². The molecule has 0 aliphatic carbocycles. The van der Waals surface area contributed by atoms with E-state index in [1.807, 2.05) is 4.90 Å². The summed E-state index contributed by atoms with van der Waals surface area (Å²) in [4.78, 5) is 12.3. The van der Waals surface area contributed by atoms with Crippen LogP contribution in [0.2, 0.25) is 5.02 Å². The fraction of sp³-hybridized carbons (Fsp3) is 0.600. The Morgan fingerprint density at radius 1 is 1.09 bits per heavy atom. The number of alkyl halides is 3. The van der Waals surface area contributed by atoms with Crippen LogP contribution in [-0.2, 0) is 23.2 Å². The molecule has 2 fully saturated rings. The summed E-state index contributed by atoms with van der Waals surface area (Å²) in [5.41, 5.74) is -0.863. The highest BCUT2D eigenvalue weighted by atomic mass is 35.5. The largest absolute Gasteiger partial charge is 0.417 e. The van der Waals surface area contributed by atoms with E-state index in [1.165, 1.54) is 10.5 Å². The maximum atomic E-state index is 12.9. The Bertz CT molecular complexity index is 1090. The van der Waals surface area contributed by atoms with Gasteiger partial charge in [-0.2, -0.15) is 17.5 Å². The van der Waals surface area contributed by atoms with Gasteiger partial charge in [0.05, 0.1) is 10.6 Å². The minimum absolute atomic E-state index is 0.0125. The van der Waals surface area contributed by atoms with Gasteiger partial charge in [0.2, 0.25) is 0 Å². The zero-order valence-electron chi connectivity index (χ0n) is 18.4. The van der Waals surface area contributed by atoms with Gasteiger partial charge in [0.25, 0.3) is 10.0 Å². The zero-order valence-corrected chi connectivity index (χ0v) is 20.0. The van der Waals surface area contributed by atoms with Crippen molar-refractivity contribution in [1.29, 1.82) is 0 Å². The number of rotatable bonds is 4. The van der Waals surface area contributed by atoms with E-state index in [0.717, 1.165) is 12.3 Å². The third-order valence-corrected chi connectivity index (χ3v) is 8.44. The van der Waals surface area contributed by atoms with Crippen molar-refractivity contribution in [2.24, 2.45) is 7.05 Å². The molecule has 13 heteroatoms. The number of hydrogen-bond donors (Lipinski definition) is 0. The number of pyridine rings is 1. The molecule has 33 heavy (non-hydrogen) atoms. The Morgan fingerprint density at radius 2 is 1.73 bits per heavy atom. The molecule has 0 spiro atoms. The van der Waals surface area contributed by atoms with Crippen LogP contribution in [0.1, 0.15) is 24.2 Å². The fourth-order valence-electron chi connectivity index (χ4n) is 4.35. The summed E-state index contributed by atoms with van der Waals surface area (Å²) in [6, 6.07) is 1.16. The third-order valence-electron chi connectivity index (χ3n) is 6.39. The Morgan fingerprint density at radius 3 is 2.24 bits per heavy atom. The summed E-state index contributed by atoms with van der Waals surface area (Å²) < 4.78 is 67.5.